The van der Waals surface area contributed by atoms with Gasteiger partial charge in [-0.15, -0.1) is 0 Å². The van der Waals surface area contributed by atoms with E-state index in [1.165, 1.54) is 32.4 Å². The van der Waals surface area contributed by atoms with Crippen LogP contribution in [0.5, 0.6) is 0 Å². The second kappa shape index (κ2) is 1.42. The van der Waals surface area contributed by atoms with Crippen molar-refractivity contribution >= 4 is 0 Å². The molecule has 2 unspecified atom stereocenters. The lowest BCUT2D eigenvalue weighted by atomic mass is 9.60. The van der Waals surface area contributed by atoms with Crippen LogP contribution in [-0.2, 0) is 0 Å². The summed E-state index contributed by atoms with van der Waals surface area (Å²) in [7, 11) is 0. The summed E-state index contributed by atoms with van der Waals surface area (Å²) in [6.45, 7) is 5.25. The number of rotatable bonds is 0. The average molecular weight is 137 g/mol. The SMILES string of the molecule is C[C@H]1CN2CCC23CCC13. The molecule has 0 aromatic carbocycles. The maximum atomic E-state index is 2.73. The predicted octanol–water partition coefficient (Wildman–Crippen LogP) is 1.49. The van der Waals surface area contributed by atoms with Crippen LogP contribution >= 0.6 is 0 Å². The summed E-state index contributed by atoms with van der Waals surface area (Å²) in [5.41, 5.74) is 0.777. The largest absolute Gasteiger partial charge is 0.297 e. The molecule has 3 fully saturated rings. The summed E-state index contributed by atoms with van der Waals surface area (Å²) >= 11 is 0. The molecule has 1 nitrogen and oxygen atoms in total. The summed E-state index contributed by atoms with van der Waals surface area (Å²) in [6, 6.07) is 0. The van der Waals surface area contributed by atoms with Crippen molar-refractivity contribution in [3.05, 3.63) is 0 Å². The Kier molecular flexibility index (Phi) is 0.797. The lowest BCUT2D eigenvalue weighted by Gasteiger charge is -2.58. The van der Waals surface area contributed by atoms with E-state index in [0.717, 1.165) is 17.4 Å². The molecule has 3 atom stereocenters. The average Bonchev–Trinajstić information content (AvgIpc) is 1.86. The molecule has 0 aromatic heterocycles. The quantitative estimate of drug-likeness (QED) is 0.489. The fraction of sp³-hybridized carbons (Fsp3) is 1.00. The molecule has 0 bridgehead atoms. The zero-order valence-corrected chi connectivity index (χ0v) is 6.64. The van der Waals surface area contributed by atoms with Gasteiger partial charge >= 0.3 is 0 Å². The highest BCUT2D eigenvalue weighted by atomic mass is 15.3. The minimum atomic E-state index is 0.777. The van der Waals surface area contributed by atoms with Gasteiger partial charge in [-0.2, -0.15) is 0 Å². The molecule has 1 aliphatic carbocycles. The molecule has 1 heteroatoms. The van der Waals surface area contributed by atoms with E-state index in [2.05, 4.69) is 11.8 Å². The van der Waals surface area contributed by atoms with Gasteiger partial charge in [-0.05, 0) is 31.1 Å². The van der Waals surface area contributed by atoms with Gasteiger partial charge in [0.25, 0.3) is 0 Å². The maximum Gasteiger partial charge on any atom is 0.0253 e. The van der Waals surface area contributed by atoms with Crippen LogP contribution in [0.3, 0.4) is 0 Å². The highest BCUT2D eigenvalue weighted by Crippen LogP contribution is 2.59. The van der Waals surface area contributed by atoms with E-state index in [4.69, 9.17) is 0 Å². The molecule has 0 radical (unpaired) electrons. The fourth-order valence-corrected chi connectivity index (χ4v) is 3.47. The minimum Gasteiger partial charge on any atom is -0.297 e. The summed E-state index contributed by atoms with van der Waals surface area (Å²) in [5, 5.41) is 0. The van der Waals surface area contributed by atoms with Gasteiger partial charge in [0.15, 0.2) is 0 Å². The Morgan fingerprint density at radius 3 is 2.60 bits per heavy atom. The van der Waals surface area contributed by atoms with Crippen LogP contribution in [0, 0.1) is 11.8 Å². The molecule has 2 heterocycles. The molecule has 1 saturated carbocycles. The number of nitrogens with zero attached hydrogens (tertiary/aromatic N) is 1. The van der Waals surface area contributed by atoms with Crippen LogP contribution in [0.1, 0.15) is 26.2 Å². The summed E-state index contributed by atoms with van der Waals surface area (Å²) < 4.78 is 0. The predicted molar refractivity (Wildman–Crippen MR) is 40.8 cm³/mol. The second-order valence-corrected chi connectivity index (χ2v) is 4.42. The van der Waals surface area contributed by atoms with E-state index in [9.17, 15) is 0 Å². The normalized spacial score (nSPS) is 58.5. The summed E-state index contributed by atoms with van der Waals surface area (Å²) in [6.07, 6.45) is 4.56. The zero-order valence-electron chi connectivity index (χ0n) is 6.64. The van der Waals surface area contributed by atoms with Crippen molar-refractivity contribution < 1.29 is 0 Å². The fourth-order valence-electron chi connectivity index (χ4n) is 3.47. The molecule has 10 heavy (non-hydrogen) atoms. The van der Waals surface area contributed by atoms with Crippen molar-refractivity contribution in [1.29, 1.82) is 0 Å². The molecule has 2 aliphatic heterocycles. The van der Waals surface area contributed by atoms with Gasteiger partial charge in [-0.25, -0.2) is 0 Å². The highest BCUT2D eigenvalue weighted by molar-refractivity contribution is 5.16. The molecule has 3 rings (SSSR count). The third kappa shape index (κ3) is 0.378. The van der Waals surface area contributed by atoms with Crippen molar-refractivity contribution in [1.82, 2.24) is 4.90 Å². The number of hydrogen-bond acceptors (Lipinski definition) is 1. The third-order valence-electron chi connectivity index (χ3n) is 4.22. The Morgan fingerprint density at radius 1 is 1.40 bits per heavy atom. The lowest BCUT2D eigenvalue weighted by molar-refractivity contribution is -0.0690. The first kappa shape index (κ1) is 5.59. The van der Waals surface area contributed by atoms with Crippen LogP contribution in [0.2, 0.25) is 0 Å². The van der Waals surface area contributed by atoms with Gasteiger partial charge in [0.2, 0.25) is 0 Å². The van der Waals surface area contributed by atoms with Crippen LogP contribution in [0.15, 0.2) is 0 Å². The van der Waals surface area contributed by atoms with Gasteiger partial charge in [0, 0.05) is 18.6 Å². The Labute approximate surface area is 62.4 Å². The lowest BCUT2D eigenvalue weighted by Crippen LogP contribution is -2.63. The Balaban J connectivity index is 1.95. The van der Waals surface area contributed by atoms with Crippen molar-refractivity contribution in [3.8, 4) is 0 Å². The molecule has 0 aromatic rings. The standard InChI is InChI=1S/C9H15N/c1-7-6-10-5-4-9(10)3-2-8(7)9/h7-8H,2-6H2,1H3/t7-,8?,9?/m0/s1. The van der Waals surface area contributed by atoms with E-state index in [0.29, 0.717) is 0 Å². The monoisotopic (exact) mass is 137 g/mol. The van der Waals surface area contributed by atoms with Crippen LogP contribution in [0.4, 0.5) is 0 Å². The highest BCUT2D eigenvalue weighted by Gasteiger charge is 2.61. The zero-order chi connectivity index (χ0) is 6.77. The first-order chi connectivity index (χ1) is 4.83. The van der Waals surface area contributed by atoms with Gasteiger partial charge in [0.1, 0.15) is 0 Å². The molecule has 0 N–H and O–H groups in total. The van der Waals surface area contributed by atoms with E-state index in [-0.39, 0.29) is 0 Å². The van der Waals surface area contributed by atoms with E-state index < -0.39 is 0 Å². The van der Waals surface area contributed by atoms with E-state index >= 15 is 0 Å². The van der Waals surface area contributed by atoms with Gasteiger partial charge in [-0.3, -0.25) is 4.90 Å². The van der Waals surface area contributed by atoms with Crippen LogP contribution in [-0.4, -0.2) is 23.5 Å². The molecular formula is C9H15N. The third-order valence-corrected chi connectivity index (χ3v) is 4.22. The van der Waals surface area contributed by atoms with Crippen molar-refractivity contribution in [2.24, 2.45) is 11.8 Å². The topological polar surface area (TPSA) is 3.24 Å². The van der Waals surface area contributed by atoms with Crippen molar-refractivity contribution in [2.45, 2.75) is 31.7 Å². The van der Waals surface area contributed by atoms with Crippen LogP contribution in [0.25, 0.3) is 0 Å². The van der Waals surface area contributed by atoms with Gasteiger partial charge < -0.3 is 0 Å². The Bertz CT molecular complexity index is 174. The molecule has 56 valence electrons. The van der Waals surface area contributed by atoms with Crippen molar-refractivity contribution in [3.63, 3.8) is 0 Å². The smallest absolute Gasteiger partial charge is 0.0253 e. The maximum absolute atomic E-state index is 2.73. The first-order valence-electron chi connectivity index (χ1n) is 4.58. The molecule has 0 amide bonds. The molecule has 2 saturated heterocycles. The molecular weight excluding hydrogens is 122 g/mol. The number of hydrogen-bond donors (Lipinski definition) is 0. The van der Waals surface area contributed by atoms with Crippen molar-refractivity contribution in [2.75, 3.05) is 13.1 Å². The Hall–Kier alpha value is -0.0400. The van der Waals surface area contributed by atoms with Crippen LogP contribution < -0.4 is 0 Å². The summed E-state index contributed by atoms with van der Waals surface area (Å²) in [5.74, 6) is 2.11. The van der Waals surface area contributed by atoms with E-state index in [1.807, 2.05) is 0 Å². The molecule has 3 aliphatic rings. The molecule has 1 spiro atoms. The van der Waals surface area contributed by atoms with Gasteiger partial charge in [0.05, 0.1) is 0 Å². The van der Waals surface area contributed by atoms with Gasteiger partial charge in [-0.1, -0.05) is 6.92 Å². The van der Waals surface area contributed by atoms with E-state index in [1.54, 1.807) is 0 Å². The Morgan fingerprint density at radius 2 is 2.30 bits per heavy atom. The second-order valence-electron chi connectivity index (χ2n) is 4.42. The first-order valence-corrected chi connectivity index (χ1v) is 4.58. The minimum absolute atomic E-state index is 0.777. The summed E-state index contributed by atoms with van der Waals surface area (Å²) in [4.78, 5) is 2.73.